The van der Waals surface area contributed by atoms with E-state index in [1.165, 1.54) is 6.07 Å². The van der Waals surface area contributed by atoms with Crippen molar-refractivity contribution < 1.29 is 14.7 Å². The van der Waals surface area contributed by atoms with E-state index in [-0.39, 0.29) is 17.4 Å². The maximum atomic E-state index is 12.2. The topological polar surface area (TPSA) is 84.2 Å². The zero-order valence-electron chi connectivity index (χ0n) is 13.0. The molecule has 1 aromatic heterocycles. The third-order valence-electron chi connectivity index (χ3n) is 3.45. The Kier molecular flexibility index (Phi) is 4.30. The standard InChI is InChI=1S/C16H19N3O3/c1-9(2)14-8-13(18-19(14)4)15(20)17-11-5-6-12(16(21)22)10(3)7-11/h5-9H,1-4H3,(H,17,20)(H,21,22). The highest BCUT2D eigenvalue weighted by molar-refractivity contribution is 6.03. The van der Waals surface area contributed by atoms with Crippen LogP contribution in [0.3, 0.4) is 0 Å². The zero-order chi connectivity index (χ0) is 16.4. The molecule has 22 heavy (non-hydrogen) atoms. The molecule has 1 amide bonds. The summed E-state index contributed by atoms with van der Waals surface area (Å²) in [6.07, 6.45) is 0. The van der Waals surface area contributed by atoms with Crippen LogP contribution in [-0.2, 0) is 7.05 Å². The number of aromatic nitrogens is 2. The number of rotatable bonds is 4. The number of carbonyl (C=O) groups excluding carboxylic acids is 1. The lowest BCUT2D eigenvalue weighted by Crippen LogP contribution is -2.13. The molecule has 0 radical (unpaired) electrons. The van der Waals surface area contributed by atoms with Crippen molar-refractivity contribution in [2.45, 2.75) is 26.7 Å². The van der Waals surface area contributed by atoms with Crippen molar-refractivity contribution in [1.82, 2.24) is 9.78 Å². The van der Waals surface area contributed by atoms with Crippen molar-refractivity contribution in [3.63, 3.8) is 0 Å². The van der Waals surface area contributed by atoms with Gasteiger partial charge in [0.15, 0.2) is 5.69 Å². The first-order valence-electron chi connectivity index (χ1n) is 6.99. The zero-order valence-corrected chi connectivity index (χ0v) is 13.0. The summed E-state index contributed by atoms with van der Waals surface area (Å²) >= 11 is 0. The summed E-state index contributed by atoms with van der Waals surface area (Å²) in [5.41, 5.74) is 2.67. The molecule has 2 aromatic rings. The molecule has 1 heterocycles. The monoisotopic (exact) mass is 301 g/mol. The van der Waals surface area contributed by atoms with Gasteiger partial charge < -0.3 is 10.4 Å². The molecule has 0 unspecified atom stereocenters. The third kappa shape index (κ3) is 3.16. The van der Waals surface area contributed by atoms with E-state index in [1.807, 2.05) is 13.8 Å². The van der Waals surface area contributed by atoms with Gasteiger partial charge in [-0.05, 0) is 42.7 Å². The summed E-state index contributed by atoms with van der Waals surface area (Å²) in [5.74, 6) is -1.03. The number of benzene rings is 1. The van der Waals surface area contributed by atoms with E-state index in [0.29, 0.717) is 16.9 Å². The smallest absolute Gasteiger partial charge is 0.335 e. The van der Waals surface area contributed by atoms with Crippen LogP contribution >= 0.6 is 0 Å². The molecular formula is C16H19N3O3. The van der Waals surface area contributed by atoms with Crippen molar-refractivity contribution in [3.05, 3.63) is 46.8 Å². The summed E-state index contributed by atoms with van der Waals surface area (Å²) in [4.78, 5) is 23.2. The molecule has 0 aliphatic heterocycles. The van der Waals surface area contributed by atoms with E-state index in [2.05, 4.69) is 10.4 Å². The van der Waals surface area contributed by atoms with Gasteiger partial charge in [-0.2, -0.15) is 5.10 Å². The van der Waals surface area contributed by atoms with Crippen LogP contribution in [0, 0.1) is 6.92 Å². The molecule has 0 aliphatic carbocycles. The van der Waals surface area contributed by atoms with E-state index in [0.717, 1.165) is 5.69 Å². The van der Waals surface area contributed by atoms with Crippen LogP contribution in [-0.4, -0.2) is 26.8 Å². The minimum absolute atomic E-state index is 0.220. The molecule has 0 spiro atoms. The number of hydrogen-bond donors (Lipinski definition) is 2. The fraction of sp³-hybridized carbons (Fsp3) is 0.312. The Morgan fingerprint density at radius 2 is 1.95 bits per heavy atom. The molecule has 1 aromatic carbocycles. The predicted molar refractivity (Wildman–Crippen MR) is 83.4 cm³/mol. The number of aromatic carboxylic acids is 1. The van der Waals surface area contributed by atoms with Crippen LogP contribution in [0.4, 0.5) is 5.69 Å². The van der Waals surface area contributed by atoms with E-state index in [9.17, 15) is 9.59 Å². The number of anilines is 1. The van der Waals surface area contributed by atoms with E-state index >= 15 is 0 Å². The first kappa shape index (κ1) is 15.8. The van der Waals surface area contributed by atoms with Crippen molar-refractivity contribution in [1.29, 1.82) is 0 Å². The van der Waals surface area contributed by atoms with Gasteiger partial charge in [0.25, 0.3) is 5.91 Å². The molecular weight excluding hydrogens is 282 g/mol. The van der Waals surface area contributed by atoms with E-state index in [4.69, 9.17) is 5.11 Å². The van der Waals surface area contributed by atoms with Crippen molar-refractivity contribution in [2.75, 3.05) is 5.32 Å². The molecule has 6 nitrogen and oxygen atoms in total. The number of amides is 1. The third-order valence-corrected chi connectivity index (χ3v) is 3.45. The number of carboxylic acids is 1. The molecule has 2 N–H and O–H groups in total. The number of carboxylic acid groups (broad SMARTS) is 1. The maximum absolute atomic E-state index is 12.2. The lowest BCUT2D eigenvalue weighted by Gasteiger charge is -2.06. The molecule has 0 saturated carbocycles. The molecule has 2 rings (SSSR count). The fourth-order valence-corrected chi connectivity index (χ4v) is 2.31. The molecule has 0 aliphatic rings. The molecule has 0 bridgehead atoms. The van der Waals surface area contributed by atoms with Crippen molar-refractivity contribution in [2.24, 2.45) is 7.05 Å². The summed E-state index contributed by atoms with van der Waals surface area (Å²) in [7, 11) is 1.80. The van der Waals surface area contributed by atoms with Gasteiger partial charge in [0.05, 0.1) is 5.56 Å². The van der Waals surface area contributed by atoms with Gasteiger partial charge in [-0.25, -0.2) is 4.79 Å². The Balaban J connectivity index is 2.20. The molecule has 0 fully saturated rings. The number of hydrogen-bond acceptors (Lipinski definition) is 3. The molecule has 116 valence electrons. The maximum Gasteiger partial charge on any atom is 0.335 e. The number of carbonyl (C=O) groups is 2. The number of aryl methyl sites for hydroxylation is 2. The predicted octanol–water partition coefficient (Wildman–Crippen LogP) is 2.80. The molecule has 0 atom stereocenters. The van der Waals surface area contributed by atoms with Crippen LogP contribution < -0.4 is 5.32 Å². The summed E-state index contributed by atoms with van der Waals surface area (Å²) in [5, 5.41) is 15.9. The van der Waals surface area contributed by atoms with Crippen LogP contribution in [0.2, 0.25) is 0 Å². The Morgan fingerprint density at radius 3 is 2.45 bits per heavy atom. The average molecular weight is 301 g/mol. The van der Waals surface area contributed by atoms with Crippen LogP contribution in [0.5, 0.6) is 0 Å². The van der Waals surface area contributed by atoms with Gasteiger partial charge in [-0.3, -0.25) is 9.48 Å². The van der Waals surface area contributed by atoms with Gasteiger partial charge in [-0.1, -0.05) is 13.8 Å². The Morgan fingerprint density at radius 1 is 1.27 bits per heavy atom. The second-order valence-electron chi connectivity index (χ2n) is 5.52. The van der Waals surface area contributed by atoms with Crippen LogP contribution in [0.15, 0.2) is 24.3 Å². The van der Waals surface area contributed by atoms with Gasteiger partial charge in [0.2, 0.25) is 0 Å². The highest BCUT2D eigenvalue weighted by Crippen LogP contribution is 2.18. The summed E-state index contributed by atoms with van der Waals surface area (Å²) in [6.45, 7) is 5.76. The van der Waals surface area contributed by atoms with Gasteiger partial charge in [0.1, 0.15) is 0 Å². The highest BCUT2D eigenvalue weighted by atomic mass is 16.4. The van der Waals surface area contributed by atoms with Crippen LogP contribution in [0.1, 0.15) is 51.9 Å². The lowest BCUT2D eigenvalue weighted by molar-refractivity contribution is 0.0696. The normalized spacial score (nSPS) is 10.8. The lowest BCUT2D eigenvalue weighted by atomic mass is 10.1. The Hall–Kier alpha value is -2.63. The van der Waals surface area contributed by atoms with Gasteiger partial charge in [-0.15, -0.1) is 0 Å². The SMILES string of the molecule is Cc1cc(NC(=O)c2cc(C(C)C)n(C)n2)ccc1C(=O)O. The fourth-order valence-electron chi connectivity index (χ4n) is 2.31. The average Bonchev–Trinajstić information content (AvgIpc) is 2.80. The molecule has 0 saturated heterocycles. The second-order valence-corrected chi connectivity index (χ2v) is 5.52. The van der Waals surface area contributed by atoms with Crippen molar-refractivity contribution >= 4 is 17.6 Å². The minimum Gasteiger partial charge on any atom is -0.478 e. The highest BCUT2D eigenvalue weighted by Gasteiger charge is 2.15. The number of nitrogens with zero attached hydrogens (tertiary/aromatic N) is 2. The van der Waals surface area contributed by atoms with Gasteiger partial charge in [0, 0.05) is 18.4 Å². The second kappa shape index (κ2) is 6.01. The van der Waals surface area contributed by atoms with Crippen LogP contribution in [0.25, 0.3) is 0 Å². The Bertz CT molecular complexity index is 732. The summed E-state index contributed by atoms with van der Waals surface area (Å²) < 4.78 is 1.69. The van der Waals surface area contributed by atoms with E-state index in [1.54, 1.807) is 36.9 Å². The first-order valence-corrected chi connectivity index (χ1v) is 6.99. The van der Waals surface area contributed by atoms with Gasteiger partial charge >= 0.3 is 5.97 Å². The van der Waals surface area contributed by atoms with Crippen molar-refractivity contribution in [3.8, 4) is 0 Å². The molecule has 6 heteroatoms. The van der Waals surface area contributed by atoms with E-state index < -0.39 is 5.97 Å². The number of nitrogens with one attached hydrogen (secondary N) is 1. The summed E-state index contributed by atoms with van der Waals surface area (Å²) in [6, 6.07) is 6.44. The quantitative estimate of drug-likeness (QED) is 0.909. The Labute approximate surface area is 128 Å². The minimum atomic E-state index is -0.985. The first-order chi connectivity index (χ1) is 10.3. The largest absolute Gasteiger partial charge is 0.478 e.